The molecule has 4 nitrogen and oxygen atoms in total. The minimum Gasteiger partial charge on any atom is -0.490 e. The Balaban J connectivity index is 1.87. The number of fused-ring (bicyclic) bond motifs is 1. The smallest absolute Gasteiger partial charge is 0.132 e. The zero-order valence-corrected chi connectivity index (χ0v) is 12.2. The number of rotatable bonds is 3. The van der Waals surface area contributed by atoms with E-state index in [1.807, 2.05) is 25.4 Å². The molecule has 0 atom stereocenters. The summed E-state index contributed by atoms with van der Waals surface area (Å²) in [5, 5.41) is 1.20. The molecule has 0 spiro atoms. The number of hydrogen-bond donors (Lipinski definition) is 0. The van der Waals surface area contributed by atoms with Gasteiger partial charge >= 0.3 is 0 Å². The summed E-state index contributed by atoms with van der Waals surface area (Å²) in [6.45, 7) is 2.01. The highest BCUT2D eigenvalue weighted by atomic mass is 16.5. The van der Waals surface area contributed by atoms with Crippen molar-refractivity contribution in [3.63, 3.8) is 0 Å². The van der Waals surface area contributed by atoms with E-state index in [1.54, 1.807) is 6.20 Å². The first-order valence-electron chi connectivity index (χ1n) is 7.25. The Morgan fingerprint density at radius 3 is 2.90 bits per heavy atom. The third-order valence-corrected chi connectivity index (χ3v) is 3.94. The molecule has 0 radical (unpaired) electrons. The number of ether oxygens (including phenoxy) is 1. The minimum atomic E-state index is 0.379. The standard InChI is InChI=1S/C17H17N3O/c1-11-7-12-8-15(20(2)16(12)10-19-11)14-9-18-6-5-17(14)21-13-3-4-13/h5-10,13H,3-4H2,1-2H3. The largest absolute Gasteiger partial charge is 0.490 e. The van der Waals surface area contributed by atoms with Crippen molar-refractivity contribution < 1.29 is 4.74 Å². The van der Waals surface area contributed by atoms with Crippen molar-refractivity contribution in [3.05, 3.63) is 42.5 Å². The van der Waals surface area contributed by atoms with Crippen LogP contribution in [-0.4, -0.2) is 20.6 Å². The van der Waals surface area contributed by atoms with Crippen LogP contribution >= 0.6 is 0 Å². The maximum absolute atomic E-state index is 6.02. The molecule has 3 aromatic heterocycles. The Morgan fingerprint density at radius 1 is 1.24 bits per heavy atom. The molecule has 1 fully saturated rings. The highest BCUT2D eigenvalue weighted by molar-refractivity contribution is 5.87. The maximum atomic E-state index is 6.02. The number of hydrogen-bond acceptors (Lipinski definition) is 3. The van der Waals surface area contributed by atoms with E-state index in [0.29, 0.717) is 6.10 Å². The zero-order chi connectivity index (χ0) is 14.4. The van der Waals surface area contributed by atoms with Gasteiger partial charge < -0.3 is 9.30 Å². The van der Waals surface area contributed by atoms with Crippen molar-refractivity contribution >= 4 is 10.9 Å². The van der Waals surface area contributed by atoms with E-state index in [-0.39, 0.29) is 0 Å². The van der Waals surface area contributed by atoms with Crippen LogP contribution in [0.1, 0.15) is 18.5 Å². The minimum absolute atomic E-state index is 0.379. The van der Waals surface area contributed by atoms with Crippen LogP contribution in [0.3, 0.4) is 0 Å². The topological polar surface area (TPSA) is 39.9 Å². The Morgan fingerprint density at radius 2 is 2.10 bits per heavy atom. The van der Waals surface area contributed by atoms with Crippen molar-refractivity contribution in [1.29, 1.82) is 0 Å². The van der Waals surface area contributed by atoms with Crippen LogP contribution < -0.4 is 4.74 Å². The summed E-state index contributed by atoms with van der Waals surface area (Å²) >= 11 is 0. The number of pyridine rings is 2. The second-order valence-corrected chi connectivity index (χ2v) is 5.66. The van der Waals surface area contributed by atoms with Crippen LogP contribution in [0.25, 0.3) is 22.2 Å². The van der Waals surface area contributed by atoms with Crippen molar-refractivity contribution in [1.82, 2.24) is 14.5 Å². The molecule has 1 aliphatic carbocycles. The van der Waals surface area contributed by atoms with Crippen molar-refractivity contribution in [3.8, 4) is 17.0 Å². The molecule has 21 heavy (non-hydrogen) atoms. The summed E-state index contributed by atoms with van der Waals surface area (Å²) in [4.78, 5) is 8.66. The first-order chi connectivity index (χ1) is 10.2. The highest BCUT2D eigenvalue weighted by Crippen LogP contribution is 2.36. The molecule has 0 bridgehead atoms. The molecule has 0 aromatic carbocycles. The summed E-state index contributed by atoms with van der Waals surface area (Å²) < 4.78 is 8.17. The molecular formula is C17H17N3O. The van der Waals surface area contributed by atoms with E-state index in [2.05, 4.69) is 33.7 Å². The normalized spacial score (nSPS) is 14.6. The van der Waals surface area contributed by atoms with Crippen LogP contribution in [0, 0.1) is 6.92 Å². The van der Waals surface area contributed by atoms with Gasteiger partial charge in [-0.05, 0) is 38.0 Å². The monoisotopic (exact) mass is 279 g/mol. The van der Waals surface area contributed by atoms with Crippen molar-refractivity contribution in [2.45, 2.75) is 25.9 Å². The average molecular weight is 279 g/mol. The molecule has 1 saturated carbocycles. The molecule has 3 heterocycles. The lowest BCUT2D eigenvalue weighted by atomic mass is 10.2. The summed E-state index contributed by atoms with van der Waals surface area (Å²) in [5.41, 5.74) is 4.30. The molecule has 4 rings (SSSR count). The summed E-state index contributed by atoms with van der Waals surface area (Å²) in [5.74, 6) is 0.920. The SMILES string of the molecule is Cc1cc2cc(-c3cnccc3OC3CC3)n(C)c2cn1. The van der Waals surface area contributed by atoms with Crippen LogP contribution in [0.2, 0.25) is 0 Å². The fourth-order valence-corrected chi connectivity index (χ4v) is 2.64. The first-order valence-corrected chi connectivity index (χ1v) is 7.25. The second-order valence-electron chi connectivity index (χ2n) is 5.66. The quantitative estimate of drug-likeness (QED) is 0.737. The van der Waals surface area contributed by atoms with E-state index in [0.717, 1.165) is 41.1 Å². The van der Waals surface area contributed by atoms with E-state index in [9.17, 15) is 0 Å². The van der Waals surface area contributed by atoms with Gasteiger partial charge in [-0.1, -0.05) is 0 Å². The van der Waals surface area contributed by atoms with Gasteiger partial charge in [-0.25, -0.2) is 0 Å². The van der Waals surface area contributed by atoms with Crippen LogP contribution in [0.5, 0.6) is 5.75 Å². The van der Waals surface area contributed by atoms with Gasteiger partial charge in [-0.2, -0.15) is 0 Å². The molecule has 0 N–H and O–H groups in total. The summed E-state index contributed by atoms with van der Waals surface area (Å²) in [6, 6.07) is 6.24. The fraction of sp³-hybridized carbons (Fsp3) is 0.294. The van der Waals surface area contributed by atoms with Crippen LogP contribution in [0.4, 0.5) is 0 Å². The van der Waals surface area contributed by atoms with Gasteiger partial charge in [0.2, 0.25) is 0 Å². The van der Waals surface area contributed by atoms with Gasteiger partial charge in [-0.3, -0.25) is 9.97 Å². The molecule has 0 saturated heterocycles. The number of aromatic nitrogens is 3. The van der Waals surface area contributed by atoms with Gasteiger partial charge in [0.15, 0.2) is 0 Å². The Bertz CT molecular complexity index is 818. The van der Waals surface area contributed by atoms with E-state index >= 15 is 0 Å². The molecule has 1 aliphatic rings. The summed E-state index contributed by atoms with van der Waals surface area (Å²) in [7, 11) is 2.06. The molecule has 106 valence electrons. The molecule has 0 aliphatic heterocycles. The lowest BCUT2D eigenvalue weighted by Crippen LogP contribution is -2.00. The maximum Gasteiger partial charge on any atom is 0.132 e. The van der Waals surface area contributed by atoms with Gasteiger partial charge in [0.1, 0.15) is 5.75 Å². The van der Waals surface area contributed by atoms with Crippen molar-refractivity contribution in [2.75, 3.05) is 0 Å². The molecule has 3 aromatic rings. The summed E-state index contributed by atoms with van der Waals surface area (Å²) in [6.07, 6.45) is 8.28. The van der Waals surface area contributed by atoms with Crippen molar-refractivity contribution in [2.24, 2.45) is 7.05 Å². The lowest BCUT2D eigenvalue weighted by molar-refractivity contribution is 0.304. The fourth-order valence-electron chi connectivity index (χ4n) is 2.64. The highest BCUT2D eigenvalue weighted by Gasteiger charge is 2.25. The first kappa shape index (κ1) is 12.4. The molecule has 0 amide bonds. The van der Waals surface area contributed by atoms with Gasteiger partial charge in [0, 0.05) is 30.5 Å². The zero-order valence-electron chi connectivity index (χ0n) is 12.2. The van der Waals surface area contributed by atoms with Gasteiger partial charge in [0.05, 0.1) is 29.1 Å². The van der Waals surface area contributed by atoms with E-state index in [1.165, 1.54) is 5.39 Å². The lowest BCUT2D eigenvalue weighted by Gasteiger charge is -2.11. The van der Waals surface area contributed by atoms with Gasteiger partial charge in [-0.15, -0.1) is 0 Å². The third kappa shape index (κ3) is 2.17. The van der Waals surface area contributed by atoms with E-state index in [4.69, 9.17) is 4.74 Å². The molecule has 0 unspecified atom stereocenters. The van der Waals surface area contributed by atoms with Crippen LogP contribution in [0.15, 0.2) is 36.8 Å². The van der Waals surface area contributed by atoms with E-state index < -0.39 is 0 Å². The predicted octanol–water partition coefficient (Wildman–Crippen LogP) is 3.48. The second kappa shape index (κ2) is 4.58. The average Bonchev–Trinajstić information content (AvgIpc) is 3.23. The van der Waals surface area contributed by atoms with Crippen LogP contribution in [-0.2, 0) is 7.05 Å². The molecule has 4 heteroatoms. The number of aryl methyl sites for hydroxylation is 2. The predicted molar refractivity (Wildman–Crippen MR) is 82.3 cm³/mol. The Hall–Kier alpha value is -2.36. The number of nitrogens with zero attached hydrogens (tertiary/aromatic N) is 3. The van der Waals surface area contributed by atoms with Gasteiger partial charge in [0.25, 0.3) is 0 Å². The Labute approximate surface area is 123 Å². The third-order valence-electron chi connectivity index (χ3n) is 3.94. The Kier molecular flexibility index (Phi) is 2.70. The molecular weight excluding hydrogens is 262 g/mol.